The van der Waals surface area contributed by atoms with Crippen molar-refractivity contribution in [3.8, 4) is 28.3 Å². The van der Waals surface area contributed by atoms with Gasteiger partial charge in [0.05, 0.1) is 17.3 Å². The second-order valence-electron chi connectivity index (χ2n) is 6.69. The average Bonchev–Trinajstić information content (AvgIpc) is 3.35. The molecule has 28 heavy (non-hydrogen) atoms. The number of nitrogens with zero attached hydrogens (tertiary/aromatic N) is 3. The Morgan fingerprint density at radius 1 is 0.893 bits per heavy atom. The number of benzene rings is 3. The summed E-state index contributed by atoms with van der Waals surface area (Å²) in [5.41, 5.74) is 5.03. The Morgan fingerprint density at radius 3 is 2.50 bits per heavy atom. The lowest BCUT2D eigenvalue weighted by Gasteiger charge is -2.09. The van der Waals surface area contributed by atoms with Crippen LogP contribution in [0.4, 0.5) is 4.39 Å². The maximum Gasteiger partial charge on any atom is 0.174 e. The quantitative estimate of drug-likeness (QED) is 0.404. The fraction of sp³-hybridized carbons (Fsp3) is 0.0435. The van der Waals surface area contributed by atoms with Crippen LogP contribution in [-0.4, -0.2) is 14.9 Å². The third-order valence-corrected chi connectivity index (χ3v) is 4.81. The Hall–Kier alpha value is -3.73. The molecular formula is C23H16FN3O. The van der Waals surface area contributed by atoms with Crippen LogP contribution in [-0.2, 0) is 0 Å². The molecule has 0 saturated carbocycles. The summed E-state index contributed by atoms with van der Waals surface area (Å²) in [4.78, 5) is 0. The second kappa shape index (κ2) is 6.46. The van der Waals surface area contributed by atoms with Gasteiger partial charge in [0, 0.05) is 11.1 Å². The number of halogens is 1. The first-order chi connectivity index (χ1) is 13.7. The molecule has 0 aliphatic heterocycles. The van der Waals surface area contributed by atoms with E-state index in [0.29, 0.717) is 11.4 Å². The van der Waals surface area contributed by atoms with E-state index in [1.165, 1.54) is 11.6 Å². The van der Waals surface area contributed by atoms with Crippen molar-refractivity contribution in [2.24, 2.45) is 0 Å². The summed E-state index contributed by atoms with van der Waals surface area (Å²) in [6.07, 6.45) is 1.67. The minimum Gasteiger partial charge on any atom is -0.355 e. The summed E-state index contributed by atoms with van der Waals surface area (Å²) < 4.78 is 21.5. The first kappa shape index (κ1) is 16.4. The smallest absolute Gasteiger partial charge is 0.174 e. The Morgan fingerprint density at radius 2 is 1.68 bits per heavy atom. The minimum absolute atomic E-state index is 0.321. The van der Waals surface area contributed by atoms with E-state index in [2.05, 4.69) is 10.3 Å². The Labute approximate surface area is 160 Å². The molecule has 0 N–H and O–H groups in total. The largest absolute Gasteiger partial charge is 0.355 e. The van der Waals surface area contributed by atoms with Gasteiger partial charge < -0.3 is 4.52 Å². The molecule has 2 heterocycles. The molecule has 4 nitrogen and oxygen atoms in total. The number of aromatic nitrogens is 3. The van der Waals surface area contributed by atoms with E-state index in [-0.39, 0.29) is 5.82 Å². The highest BCUT2D eigenvalue weighted by Gasteiger charge is 2.15. The Balaban J connectivity index is 1.66. The van der Waals surface area contributed by atoms with Gasteiger partial charge in [0.25, 0.3) is 0 Å². The molecule has 0 unspecified atom stereocenters. The zero-order chi connectivity index (χ0) is 19.1. The van der Waals surface area contributed by atoms with Gasteiger partial charge in [0.2, 0.25) is 0 Å². The lowest BCUT2D eigenvalue weighted by molar-refractivity contribution is 0.441. The molecular weight excluding hydrogens is 353 g/mol. The Kier molecular flexibility index (Phi) is 3.79. The molecule has 3 aromatic carbocycles. The predicted octanol–water partition coefficient (Wildman–Crippen LogP) is 5.80. The average molecular weight is 369 g/mol. The van der Waals surface area contributed by atoms with Crippen LogP contribution in [0.1, 0.15) is 5.56 Å². The van der Waals surface area contributed by atoms with Gasteiger partial charge in [-0.05, 0) is 37.3 Å². The lowest BCUT2D eigenvalue weighted by atomic mass is 10.0. The summed E-state index contributed by atoms with van der Waals surface area (Å²) in [7, 11) is 0. The molecule has 5 aromatic rings. The topological polar surface area (TPSA) is 43.9 Å². The van der Waals surface area contributed by atoms with Crippen molar-refractivity contribution in [3.05, 3.63) is 90.4 Å². The first-order valence-corrected chi connectivity index (χ1v) is 8.96. The van der Waals surface area contributed by atoms with Crippen LogP contribution in [0.15, 0.2) is 83.5 Å². The highest BCUT2D eigenvalue weighted by atomic mass is 19.1. The number of rotatable bonds is 3. The van der Waals surface area contributed by atoms with Crippen molar-refractivity contribution in [2.75, 3.05) is 0 Å². The number of para-hydroxylation sites is 1. The summed E-state index contributed by atoms with van der Waals surface area (Å²) in [6.45, 7) is 2.05. The standard InChI is InChI=1S/C23H16FN3O/c1-15-6-8-16(9-7-15)23-18-14-17(10-11-20(18)26-28-23)21-12-13-25-27(21)22-5-3-2-4-19(22)24/h2-14H,1H3. The van der Waals surface area contributed by atoms with Crippen molar-refractivity contribution >= 4 is 10.9 Å². The van der Waals surface area contributed by atoms with E-state index in [0.717, 1.165) is 27.7 Å². The van der Waals surface area contributed by atoms with Crippen molar-refractivity contribution in [3.63, 3.8) is 0 Å². The van der Waals surface area contributed by atoms with E-state index in [1.807, 2.05) is 55.5 Å². The summed E-state index contributed by atoms with van der Waals surface area (Å²) in [5, 5.41) is 9.40. The van der Waals surface area contributed by atoms with E-state index in [9.17, 15) is 4.39 Å². The van der Waals surface area contributed by atoms with Gasteiger partial charge in [-0.25, -0.2) is 9.07 Å². The van der Waals surface area contributed by atoms with Gasteiger partial charge in [-0.3, -0.25) is 0 Å². The molecule has 0 radical (unpaired) electrons. The molecule has 0 spiro atoms. The fourth-order valence-corrected chi connectivity index (χ4v) is 3.35. The van der Waals surface area contributed by atoms with Gasteiger partial charge in [-0.15, -0.1) is 0 Å². The maximum absolute atomic E-state index is 14.3. The van der Waals surface area contributed by atoms with E-state index < -0.39 is 0 Å². The number of hydrogen-bond acceptors (Lipinski definition) is 3. The van der Waals surface area contributed by atoms with E-state index in [1.54, 1.807) is 29.1 Å². The van der Waals surface area contributed by atoms with Crippen LogP contribution in [0.3, 0.4) is 0 Å². The van der Waals surface area contributed by atoms with Gasteiger partial charge in [0.1, 0.15) is 17.0 Å². The number of aryl methyl sites for hydroxylation is 1. The molecule has 0 aliphatic rings. The lowest BCUT2D eigenvalue weighted by Crippen LogP contribution is -2.01. The monoisotopic (exact) mass is 369 g/mol. The molecule has 0 saturated heterocycles. The molecule has 136 valence electrons. The van der Waals surface area contributed by atoms with Crippen LogP contribution >= 0.6 is 0 Å². The first-order valence-electron chi connectivity index (χ1n) is 8.96. The third-order valence-electron chi connectivity index (χ3n) is 4.81. The molecule has 0 bridgehead atoms. The normalized spacial score (nSPS) is 11.2. The van der Waals surface area contributed by atoms with Crippen LogP contribution in [0.2, 0.25) is 0 Å². The minimum atomic E-state index is -0.321. The molecule has 5 rings (SSSR count). The van der Waals surface area contributed by atoms with Crippen molar-refractivity contribution in [1.82, 2.24) is 14.9 Å². The second-order valence-corrected chi connectivity index (χ2v) is 6.69. The van der Waals surface area contributed by atoms with E-state index in [4.69, 9.17) is 4.52 Å². The van der Waals surface area contributed by atoms with Crippen LogP contribution in [0.25, 0.3) is 39.2 Å². The van der Waals surface area contributed by atoms with Gasteiger partial charge >= 0.3 is 0 Å². The van der Waals surface area contributed by atoms with Crippen molar-refractivity contribution in [2.45, 2.75) is 6.92 Å². The highest BCUT2D eigenvalue weighted by molar-refractivity contribution is 5.94. The van der Waals surface area contributed by atoms with Crippen molar-refractivity contribution in [1.29, 1.82) is 0 Å². The van der Waals surface area contributed by atoms with Crippen LogP contribution < -0.4 is 0 Å². The maximum atomic E-state index is 14.3. The summed E-state index contributed by atoms with van der Waals surface area (Å²) in [5.74, 6) is 0.396. The SMILES string of the molecule is Cc1ccc(-c2onc3ccc(-c4ccnn4-c4ccccc4F)cc23)cc1. The molecule has 0 fully saturated rings. The zero-order valence-corrected chi connectivity index (χ0v) is 15.1. The van der Waals surface area contributed by atoms with Crippen LogP contribution in [0, 0.1) is 12.7 Å². The molecule has 2 aromatic heterocycles. The molecule has 0 amide bonds. The number of hydrogen-bond donors (Lipinski definition) is 0. The molecule has 0 atom stereocenters. The summed E-state index contributed by atoms with van der Waals surface area (Å²) in [6, 6.07) is 22.5. The predicted molar refractivity (Wildman–Crippen MR) is 107 cm³/mol. The molecule has 5 heteroatoms. The van der Waals surface area contributed by atoms with Crippen molar-refractivity contribution < 1.29 is 8.91 Å². The Bertz CT molecular complexity index is 1280. The van der Waals surface area contributed by atoms with Crippen LogP contribution in [0.5, 0.6) is 0 Å². The molecule has 0 aliphatic carbocycles. The van der Waals surface area contributed by atoms with Gasteiger partial charge in [0.15, 0.2) is 5.76 Å². The fourth-order valence-electron chi connectivity index (χ4n) is 3.35. The zero-order valence-electron chi connectivity index (χ0n) is 15.1. The van der Waals surface area contributed by atoms with E-state index >= 15 is 0 Å². The van der Waals surface area contributed by atoms with Gasteiger partial charge in [-0.2, -0.15) is 5.10 Å². The summed E-state index contributed by atoms with van der Waals surface area (Å²) >= 11 is 0. The number of fused-ring (bicyclic) bond motifs is 1. The van der Waals surface area contributed by atoms with Gasteiger partial charge in [-0.1, -0.05) is 53.2 Å². The highest BCUT2D eigenvalue weighted by Crippen LogP contribution is 2.33. The third kappa shape index (κ3) is 2.68.